The van der Waals surface area contributed by atoms with E-state index in [-0.39, 0.29) is 12.2 Å². The van der Waals surface area contributed by atoms with Crippen LogP contribution >= 0.6 is 15.9 Å². The predicted octanol–water partition coefficient (Wildman–Crippen LogP) is 3.06. The third-order valence-electron chi connectivity index (χ3n) is 3.81. The molecule has 2 aromatic rings. The Morgan fingerprint density at radius 3 is 2.88 bits per heavy atom. The maximum absolute atomic E-state index is 12.2. The van der Waals surface area contributed by atoms with Gasteiger partial charge in [0.25, 0.3) is 5.88 Å². The molecule has 1 fully saturated rings. The molecule has 136 valence electrons. The Labute approximate surface area is 154 Å². The van der Waals surface area contributed by atoms with E-state index in [4.69, 9.17) is 9.47 Å². The van der Waals surface area contributed by atoms with Crippen LogP contribution in [0, 0.1) is 0 Å². The van der Waals surface area contributed by atoms with Crippen LogP contribution in [0.1, 0.15) is 40.0 Å². The summed E-state index contributed by atoms with van der Waals surface area (Å²) in [5, 5.41) is 4.11. The lowest BCUT2D eigenvalue weighted by atomic mass is 10.2. The number of rotatable bonds is 2. The summed E-state index contributed by atoms with van der Waals surface area (Å²) in [6.45, 7) is 6.88. The first-order chi connectivity index (χ1) is 11.8. The van der Waals surface area contributed by atoms with E-state index in [1.807, 2.05) is 20.8 Å². The molecule has 1 aliphatic heterocycles. The molecule has 8 nitrogen and oxygen atoms in total. The molecule has 1 amide bonds. The molecule has 1 atom stereocenters. The normalized spacial score (nSPS) is 18.9. The first-order valence-corrected chi connectivity index (χ1v) is 9.11. The van der Waals surface area contributed by atoms with Gasteiger partial charge in [-0.2, -0.15) is 5.10 Å². The summed E-state index contributed by atoms with van der Waals surface area (Å²) in [5.74, 6) is 0.447. The van der Waals surface area contributed by atoms with E-state index in [0.717, 1.165) is 12.8 Å². The highest BCUT2D eigenvalue weighted by Gasteiger charge is 2.26. The number of halogens is 1. The van der Waals surface area contributed by atoms with Crippen LogP contribution in [0.15, 0.2) is 17.1 Å². The smallest absolute Gasteiger partial charge is 0.410 e. The van der Waals surface area contributed by atoms with Crippen molar-refractivity contribution >= 4 is 27.7 Å². The summed E-state index contributed by atoms with van der Waals surface area (Å²) < 4.78 is 13.8. The van der Waals surface area contributed by atoms with E-state index in [9.17, 15) is 4.79 Å². The number of aromatic nitrogens is 4. The summed E-state index contributed by atoms with van der Waals surface area (Å²) in [7, 11) is 0. The molecule has 2 aromatic heterocycles. The maximum Gasteiger partial charge on any atom is 0.410 e. The molecule has 0 N–H and O–H groups in total. The molecule has 1 aliphatic rings. The van der Waals surface area contributed by atoms with Crippen molar-refractivity contribution in [3.63, 3.8) is 0 Å². The highest BCUT2D eigenvalue weighted by Crippen LogP contribution is 2.23. The summed E-state index contributed by atoms with van der Waals surface area (Å²) in [6, 6.07) is 0. The fraction of sp³-hybridized carbons (Fsp3) is 0.625. The van der Waals surface area contributed by atoms with Crippen LogP contribution in [0.2, 0.25) is 0 Å². The number of fused-ring (bicyclic) bond motifs is 1. The Morgan fingerprint density at radius 1 is 1.32 bits per heavy atom. The fourth-order valence-electron chi connectivity index (χ4n) is 2.70. The highest BCUT2D eigenvalue weighted by atomic mass is 79.9. The standard InChI is InChI=1S/C16H22BrN5O3/c1-16(2,3)25-15(23)21-7-4-5-11(6-8-21)24-14-13-18-10-19-22(13)9-12(17)20-14/h9-11H,4-8H2,1-3H3. The molecule has 0 radical (unpaired) electrons. The SMILES string of the molecule is CC(C)(C)OC(=O)N1CCCC(Oc2nc(Br)cn3ncnc23)CC1. The van der Waals surface area contributed by atoms with Crippen molar-refractivity contribution in [2.45, 2.75) is 51.7 Å². The number of nitrogens with zero attached hydrogens (tertiary/aromatic N) is 5. The van der Waals surface area contributed by atoms with Gasteiger partial charge in [0.2, 0.25) is 5.65 Å². The van der Waals surface area contributed by atoms with Crippen molar-refractivity contribution in [3.8, 4) is 5.88 Å². The monoisotopic (exact) mass is 411 g/mol. The van der Waals surface area contributed by atoms with Gasteiger partial charge in [-0.05, 0) is 49.5 Å². The Hall–Kier alpha value is -1.90. The Kier molecular flexibility index (Phi) is 5.12. The average molecular weight is 412 g/mol. The van der Waals surface area contributed by atoms with E-state index >= 15 is 0 Å². The van der Waals surface area contributed by atoms with Gasteiger partial charge in [0.05, 0.1) is 6.20 Å². The second kappa shape index (κ2) is 7.15. The van der Waals surface area contributed by atoms with Crippen molar-refractivity contribution < 1.29 is 14.3 Å². The van der Waals surface area contributed by atoms with Crippen molar-refractivity contribution in [2.24, 2.45) is 0 Å². The van der Waals surface area contributed by atoms with Gasteiger partial charge in [0.15, 0.2) is 0 Å². The van der Waals surface area contributed by atoms with E-state index < -0.39 is 5.60 Å². The molecular formula is C16H22BrN5O3. The number of hydrogen-bond acceptors (Lipinski definition) is 6. The van der Waals surface area contributed by atoms with Crippen molar-refractivity contribution in [3.05, 3.63) is 17.1 Å². The van der Waals surface area contributed by atoms with Crippen LogP contribution in [0.25, 0.3) is 5.65 Å². The zero-order chi connectivity index (χ0) is 18.0. The van der Waals surface area contributed by atoms with Crippen LogP contribution in [-0.4, -0.2) is 55.4 Å². The van der Waals surface area contributed by atoms with Gasteiger partial charge >= 0.3 is 6.09 Å². The largest absolute Gasteiger partial charge is 0.472 e. The van der Waals surface area contributed by atoms with E-state index in [2.05, 4.69) is 31.0 Å². The van der Waals surface area contributed by atoms with E-state index in [1.165, 1.54) is 6.33 Å². The van der Waals surface area contributed by atoms with Crippen LogP contribution in [0.3, 0.4) is 0 Å². The molecule has 1 unspecified atom stereocenters. The molecule has 0 saturated carbocycles. The molecule has 0 aromatic carbocycles. The number of likely N-dealkylation sites (tertiary alicyclic amines) is 1. The number of carbonyl (C=O) groups is 1. The Morgan fingerprint density at radius 2 is 2.12 bits per heavy atom. The quantitative estimate of drug-likeness (QED) is 0.754. The molecule has 25 heavy (non-hydrogen) atoms. The van der Waals surface area contributed by atoms with Crippen molar-refractivity contribution in [1.29, 1.82) is 0 Å². The minimum atomic E-state index is -0.487. The minimum Gasteiger partial charge on any atom is -0.472 e. The Bertz CT molecular complexity index is 758. The van der Waals surface area contributed by atoms with Gasteiger partial charge < -0.3 is 14.4 Å². The second-order valence-corrected chi connectivity index (χ2v) is 7.85. The molecule has 9 heteroatoms. The van der Waals surface area contributed by atoms with Gasteiger partial charge in [0.1, 0.15) is 22.6 Å². The topological polar surface area (TPSA) is 81.8 Å². The molecular weight excluding hydrogens is 390 g/mol. The summed E-state index contributed by atoms with van der Waals surface area (Å²) in [5.41, 5.74) is 0.0927. The fourth-order valence-corrected chi connectivity index (χ4v) is 3.06. The molecule has 1 saturated heterocycles. The number of carbonyl (C=O) groups excluding carboxylic acids is 1. The second-order valence-electron chi connectivity index (χ2n) is 7.04. The zero-order valence-electron chi connectivity index (χ0n) is 14.6. The zero-order valence-corrected chi connectivity index (χ0v) is 16.2. The van der Waals surface area contributed by atoms with Crippen LogP contribution in [0.5, 0.6) is 5.88 Å². The summed E-state index contributed by atoms with van der Waals surface area (Å²) >= 11 is 3.36. The van der Waals surface area contributed by atoms with Crippen LogP contribution in [-0.2, 0) is 4.74 Å². The van der Waals surface area contributed by atoms with Gasteiger partial charge in [-0.3, -0.25) is 0 Å². The Balaban J connectivity index is 1.65. The number of amides is 1. The van der Waals surface area contributed by atoms with Crippen LogP contribution in [0.4, 0.5) is 4.79 Å². The highest BCUT2D eigenvalue weighted by molar-refractivity contribution is 9.10. The predicted molar refractivity (Wildman–Crippen MR) is 94.6 cm³/mol. The van der Waals surface area contributed by atoms with Crippen molar-refractivity contribution in [2.75, 3.05) is 13.1 Å². The van der Waals surface area contributed by atoms with Gasteiger partial charge in [-0.15, -0.1) is 0 Å². The molecule has 3 rings (SSSR count). The van der Waals surface area contributed by atoms with Gasteiger partial charge in [0, 0.05) is 19.5 Å². The van der Waals surface area contributed by atoms with E-state index in [0.29, 0.717) is 35.6 Å². The molecule has 0 spiro atoms. The minimum absolute atomic E-state index is 0.0327. The molecule has 0 bridgehead atoms. The van der Waals surface area contributed by atoms with Gasteiger partial charge in [-0.1, -0.05) is 0 Å². The van der Waals surface area contributed by atoms with Crippen LogP contribution < -0.4 is 4.74 Å². The lowest BCUT2D eigenvalue weighted by Crippen LogP contribution is -2.37. The number of ether oxygens (including phenoxy) is 2. The first-order valence-electron chi connectivity index (χ1n) is 8.32. The lowest BCUT2D eigenvalue weighted by molar-refractivity contribution is 0.0252. The average Bonchev–Trinajstić information content (AvgIpc) is 2.84. The molecule has 3 heterocycles. The summed E-state index contributed by atoms with van der Waals surface area (Å²) in [4.78, 5) is 22.5. The number of hydrogen-bond donors (Lipinski definition) is 0. The maximum atomic E-state index is 12.2. The molecule has 0 aliphatic carbocycles. The van der Waals surface area contributed by atoms with E-state index in [1.54, 1.807) is 15.6 Å². The van der Waals surface area contributed by atoms with Gasteiger partial charge in [-0.25, -0.2) is 19.3 Å². The third-order valence-corrected chi connectivity index (χ3v) is 4.19. The summed E-state index contributed by atoms with van der Waals surface area (Å²) in [6.07, 6.45) is 5.30. The lowest BCUT2D eigenvalue weighted by Gasteiger charge is -2.26. The third kappa shape index (κ3) is 4.59. The first kappa shape index (κ1) is 17.9. The van der Waals surface area contributed by atoms with Crippen molar-refractivity contribution in [1.82, 2.24) is 24.5 Å².